The predicted molar refractivity (Wildman–Crippen MR) is 139 cm³/mol. The minimum atomic E-state index is -0.0810. The first-order chi connectivity index (χ1) is 17.6. The molecule has 9 nitrogen and oxygen atoms in total. The molecule has 6 rings (SSSR count). The van der Waals surface area contributed by atoms with Crippen molar-refractivity contribution in [3.05, 3.63) is 59.1 Å². The van der Waals surface area contributed by atoms with Gasteiger partial charge in [-0.3, -0.25) is 0 Å². The van der Waals surface area contributed by atoms with E-state index < -0.39 is 0 Å². The van der Waals surface area contributed by atoms with E-state index >= 15 is 0 Å². The number of nitrogens with zero attached hydrogens (tertiary/aromatic N) is 3. The summed E-state index contributed by atoms with van der Waals surface area (Å²) in [5.41, 5.74) is 5.85. The lowest BCUT2D eigenvalue weighted by Crippen LogP contribution is -2.17. The Balaban J connectivity index is 1.42. The summed E-state index contributed by atoms with van der Waals surface area (Å²) in [5.74, 6) is 1.49. The Morgan fingerprint density at radius 1 is 1.17 bits per heavy atom. The van der Waals surface area contributed by atoms with E-state index in [4.69, 9.17) is 35.5 Å². The molecule has 1 aliphatic rings. The number of oxazole rings is 1. The summed E-state index contributed by atoms with van der Waals surface area (Å²) < 4.78 is 17.6. The number of hydrogen-bond donors (Lipinski definition) is 3. The van der Waals surface area contributed by atoms with Crippen molar-refractivity contribution in [3.8, 4) is 17.0 Å². The third kappa shape index (κ3) is 4.37. The molecule has 1 fully saturated rings. The number of ether oxygens (including phenoxy) is 2. The van der Waals surface area contributed by atoms with Gasteiger partial charge >= 0.3 is 0 Å². The number of rotatable bonds is 7. The van der Waals surface area contributed by atoms with Crippen LogP contribution in [0.1, 0.15) is 17.9 Å². The van der Waals surface area contributed by atoms with Crippen LogP contribution in [0.2, 0.25) is 5.02 Å². The number of halogens is 1. The molecule has 3 N–H and O–H groups in total. The third-order valence-electron chi connectivity index (χ3n) is 6.13. The summed E-state index contributed by atoms with van der Waals surface area (Å²) >= 11 is 6.53. The average Bonchev–Trinajstić information content (AvgIpc) is 3.60. The van der Waals surface area contributed by atoms with E-state index in [1.807, 2.05) is 56.6 Å². The standard InChI is InChI=1S/C26H25ClN6O3/c1-14-30-21-6-4-16(10-22(21)35-14)18-12-29-24-23(18)25(36-17-7-8-34-13-17)33-26(32-24)31-20-5-3-15(11-28-2)9-19(20)27/h3-6,9-10,12,17,28H,7-8,11,13H2,1-2H3,(H2,29,31,32,33)/t17-/m0/s1. The van der Waals surface area contributed by atoms with Gasteiger partial charge in [-0.25, -0.2) is 4.98 Å². The van der Waals surface area contributed by atoms with Crippen molar-refractivity contribution in [2.45, 2.75) is 26.0 Å². The normalized spacial score (nSPS) is 15.7. The topological polar surface area (TPSA) is 110 Å². The molecule has 0 saturated carbocycles. The molecular formula is C26H25ClN6O3. The maximum Gasteiger partial charge on any atom is 0.232 e. The summed E-state index contributed by atoms with van der Waals surface area (Å²) in [6, 6.07) is 11.8. The van der Waals surface area contributed by atoms with Crippen molar-refractivity contribution in [2.75, 3.05) is 25.6 Å². The zero-order valence-corrected chi connectivity index (χ0v) is 20.6. The van der Waals surface area contributed by atoms with E-state index in [1.54, 1.807) is 0 Å². The van der Waals surface area contributed by atoms with E-state index in [0.717, 1.165) is 46.1 Å². The van der Waals surface area contributed by atoms with Gasteiger partial charge in [-0.05, 0) is 42.4 Å². The maximum atomic E-state index is 6.53. The molecule has 5 aromatic rings. The lowest BCUT2D eigenvalue weighted by molar-refractivity contribution is 0.139. The number of aromatic amines is 1. The van der Waals surface area contributed by atoms with Gasteiger partial charge < -0.3 is 29.5 Å². The second-order valence-corrected chi connectivity index (χ2v) is 9.17. The Labute approximate surface area is 212 Å². The molecular weight excluding hydrogens is 480 g/mol. The zero-order valence-electron chi connectivity index (χ0n) is 19.9. The molecule has 1 saturated heterocycles. The molecule has 0 radical (unpaired) electrons. The monoisotopic (exact) mass is 504 g/mol. The minimum Gasteiger partial charge on any atom is -0.471 e. The molecule has 184 valence electrons. The molecule has 10 heteroatoms. The second-order valence-electron chi connectivity index (χ2n) is 8.77. The first-order valence-electron chi connectivity index (χ1n) is 11.8. The molecule has 36 heavy (non-hydrogen) atoms. The van der Waals surface area contributed by atoms with Crippen LogP contribution in [0.4, 0.5) is 11.6 Å². The van der Waals surface area contributed by atoms with Gasteiger partial charge in [0.25, 0.3) is 0 Å². The SMILES string of the molecule is CNCc1ccc(Nc2nc(O[C@H]3CCOC3)c3c(-c4ccc5nc(C)oc5c4)c[nH]c3n2)c(Cl)c1. The Morgan fingerprint density at radius 3 is 2.89 bits per heavy atom. The highest BCUT2D eigenvalue weighted by Crippen LogP contribution is 2.37. The molecule has 0 unspecified atom stereocenters. The van der Waals surface area contributed by atoms with Crippen molar-refractivity contribution in [1.29, 1.82) is 0 Å². The summed E-state index contributed by atoms with van der Waals surface area (Å²) in [5, 5.41) is 7.75. The number of aryl methyl sites for hydroxylation is 1. The quantitative estimate of drug-likeness (QED) is 0.272. The van der Waals surface area contributed by atoms with Crippen molar-refractivity contribution < 1.29 is 13.9 Å². The number of hydrogen-bond acceptors (Lipinski definition) is 8. The number of aromatic nitrogens is 4. The van der Waals surface area contributed by atoms with Gasteiger partial charge in [0, 0.05) is 31.6 Å². The van der Waals surface area contributed by atoms with Gasteiger partial charge in [-0.15, -0.1) is 0 Å². The van der Waals surface area contributed by atoms with Crippen LogP contribution in [0, 0.1) is 6.92 Å². The second kappa shape index (κ2) is 9.42. The smallest absolute Gasteiger partial charge is 0.232 e. The summed E-state index contributed by atoms with van der Waals surface area (Å²) in [6.45, 7) is 3.76. The Morgan fingerprint density at radius 2 is 2.08 bits per heavy atom. The molecule has 2 aromatic carbocycles. The van der Waals surface area contributed by atoms with Gasteiger partial charge in [0.15, 0.2) is 11.5 Å². The van der Waals surface area contributed by atoms with Crippen LogP contribution in [-0.2, 0) is 11.3 Å². The molecule has 0 amide bonds. The van der Waals surface area contributed by atoms with Gasteiger partial charge in [-0.2, -0.15) is 9.97 Å². The van der Waals surface area contributed by atoms with Crippen LogP contribution < -0.4 is 15.4 Å². The van der Waals surface area contributed by atoms with Crippen molar-refractivity contribution in [1.82, 2.24) is 25.3 Å². The predicted octanol–water partition coefficient (Wildman–Crippen LogP) is 5.36. The van der Waals surface area contributed by atoms with E-state index in [2.05, 4.69) is 20.6 Å². The van der Waals surface area contributed by atoms with Gasteiger partial charge in [0.05, 0.1) is 29.3 Å². The number of benzene rings is 2. The first kappa shape index (κ1) is 22.8. The van der Waals surface area contributed by atoms with Crippen LogP contribution in [0.5, 0.6) is 5.88 Å². The molecule has 0 bridgehead atoms. The summed E-state index contributed by atoms with van der Waals surface area (Å²) in [4.78, 5) is 17.2. The van der Waals surface area contributed by atoms with Crippen LogP contribution in [0.25, 0.3) is 33.3 Å². The molecule has 0 aliphatic carbocycles. The Bertz CT molecular complexity index is 1560. The first-order valence-corrected chi connectivity index (χ1v) is 12.2. The highest BCUT2D eigenvalue weighted by Gasteiger charge is 2.23. The highest BCUT2D eigenvalue weighted by atomic mass is 35.5. The van der Waals surface area contributed by atoms with E-state index in [0.29, 0.717) is 47.3 Å². The maximum absolute atomic E-state index is 6.53. The molecule has 1 atom stereocenters. The van der Waals surface area contributed by atoms with Crippen molar-refractivity contribution in [2.24, 2.45) is 0 Å². The van der Waals surface area contributed by atoms with Crippen LogP contribution in [0.15, 0.2) is 47.0 Å². The van der Waals surface area contributed by atoms with E-state index in [1.165, 1.54) is 0 Å². The summed E-state index contributed by atoms with van der Waals surface area (Å²) in [6.07, 6.45) is 2.63. The number of anilines is 2. The van der Waals surface area contributed by atoms with Gasteiger partial charge in [-0.1, -0.05) is 23.7 Å². The number of H-pyrrole nitrogens is 1. The molecule has 0 spiro atoms. The number of nitrogens with one attached hydrogen (secondary N) is 3. The van der Waals surface area contributed by atoms with Crippen LogP contribution >= 0.6 is 11.6 Å². The largest absolute Gasteiger partial charge is 0.471 e. The van der Waals surface area contributed by atoms with Crippen LogP contribution in [0.3, 0.4) is 0 Å². The Kier molecular flexibility index (Phi) is 5.96. The Hall–Kier alpha value is -3.66. The fourth-order valence-corrected chi connectivity index (χ4v) is 4.68. The molecule has 3 aromatic heterocycles. The molecule has 4 heterocycles. The average molecular weight is 505 g/mol. The lowest BCUT2D eigenvalue weighted by atomic mass is 10.1. The van der Waals surface area contributed by atoms with Crippen molar-refractivity contribution in [3.63, 3.8) is 0 Å². The summed E-state index contributed by atoms with van der Waals surface area (Å²) in [7, 11) is 1.90. The highest BCUT2D eigenvalue weighted by molar-refractivity contribution is 6.33. The van der Waals surface area contributed by atoms with E-state index in [9.17, 15) is 0 Å². The van der Waals surface area contributed by atoms with E-state index in [-0.39, 0.29) is 6.10 Å². The van der Waals surface area contributed by atoms with Gasteiger partial charge in [0.2, 0.25) is 11.8 Å². The van der Waals surface area contributed by atoms with Crippen LogP contribution in [-0.4, -0.2) is 46.3 Å². The van der Waals surface area contributed by atoms with Gasteiger partial charge in [0.1, 0.15) is 17.3 Å². The molecule has 1 aliphatic heterocycles. The number of fused-ring (bicyclic) bond motifs is 2. The lowest BCUT2D eigenvalue weighted by Gasteiger charge is -2.15. The fraction of sp³-hybridized carbons (Fsp3) is 0.269. The zero-order chi connectivity index (χ0) is 24.6. The fourth-order valence-electron chi connectivity index (χ4n) is 4.43. The third-order valence-corrected chi connectivity index (χ3v) is 6.44. The minimum absolute atomic E-state index is 0.0810. The van der Waals surface area contributed by atoms with Crippen molar-refractivity contribution >= 4 is 45.4 Å².